The number of hydrogen-bond acceptors (Lipinski definition) is 3. The molecule has 1 N–H and O–H groups in total. The van der Waals surface area contributed by atoms with Crippen molar-refractivity contribution >= 4 is 29.9 Å². The third kappa shape index (κ3) is 4.92. The molecular formula is C22H33IN6. The lowest BCUT2D eigenvalue weighted by molar-refractivity contribution is 0.308. The summed E-state index contributed by atoms with van der Waals surface area (Å²) in [7, 11) is 2.00. The molecule has 1 aliphatic carbocycles. The first kappa shape index (κ1) is 22.1. The van der Waals surface area contributed by atoms with Crippen LogP contribution in [0, 0.1) is 12.3 Å². The van der Waals surface area contributed by atoms with E-state index in [0.29, 0.717) is 12.0 Å². The van der Waals surface area contributed by atoms with Crippen molar-refractivity contribution in [2.75, 3.05) is 13.1 Å². The number of rotatable bonds is 4. The highest BCUT2D eigenvalue weighted by Crippen LogP contribution is 2.45. The van der Waals surface area contributed by atoms with Crippen LogP contribution in [-0.2, 0) is 13.6 Å². The van der Waals surface area contributed by atoms with Gasteiger partial charge >= 0.3 is 0 Å². The average molecular weight is 508 g/mol. The molecule has 7 heteroatoms. The number of guanidine groups is 1. The van der Waals surface area contributed by atoms with Crippen LogP contribution in [0.5, 0.6) is 0 Å². The van der Waals surface area contributed by atoms with Gasteiger partial charge in [0.05, 0.1) is 6.04 Å². The van der Waals surface area contributed by atoms with E-state index in [1.165, 1.54) is 37.7 Å². The van der Waals surface area contributed by atoms with Crippen molar-refractivity contribution in [1.29, 1.82) is 0 Å². The number of benzene rings is 1. The molecule has 1 aromatic carbocycles. The molecule has 1 aromatic heterocycles. The van der Waals surface area contributed by atoms with Crippen LogP contribution in [0.25, 0.3) is 0 Å². The van der Waals surface area contributed by atoms with Gasteiger partial charge < -0.3 is 14.8 Å². The fourth-order valence-corrected chi connectivity index (χ4v) is 4.64. The molecule has 1 atom stereocenters. The lowest BCUT2D eigenvalue weighted by Crippen LogP contribution is -2.42. The predicted molar refractivity (Wildman–Crippen MR) is 127 cm³/mol. The number of nitrogens with zero attached hydrogens (tertiary/aromatic N) is 5. The summed E-state index contributed by atoms with van der Waals surface area (Å²) in [6, 6.07) is 10.8. The van der Waals surface area contributed by atoms with E-state index < -0.39 is 0 Å². The zero-order valence-electron chi connectivity index (χ0n) is 17.8. The molecule has 2 aromatic rings. The summed E-state index contributed by atoms with van der Waals surface area (Å²) in [5.74, 6) is 2.82. The van der Waals surface area contributed by atoms with Gasteiger partial charge in [0, 0.05) is 20.1 Å². The standard InChI is InChI=1S/C22H32N6.HI/c1-17(19-9-5-4-6-10-19)24-21(23-15-20-26-25-18(2)27(20)3)28-14-13-22(16-28)11-7-8-12-22;/h4-6,9-10,17H,7-8,11-16H2,1-3H3,(H,23,24);1H. The number of hydrogen-bond donors (Lipinski definition) is 1. The number of aliphatic imine (C=N–C) groups is 1. The Morgan fingerprint density at radius 3 is 2.55 bits per heavy atom. The molecule has 1 unspecified atom stereocenters. The Morgan fingerprint density at radius 2 is 1.90 bits per heavy atom. The summed E-state index contributed by atoms with van der Waals surface area (Å²) in [6.07, 6.45) is 6.79. The van der Waals surface area contributed by atoms with Gasteiger partial charge in [-0.1, -0.05) is 43.2 Å². The topological polar surface area (TPSA) is 58.3 Å². The fraction of sp³-hybridized carbons (Fsp3) is 0.591. The van der Waals surface area contributed by atoms with E-state index in [0.717, 1.165) is 30.7 Å². The van der Waals surface area contributed by atoms with Gasteiger partial charge in [0.15, 0.2) is 11.8 Å². The van der Waals surface area contributed by atoms with Crippen LogP contribution in [0.2, 0.25) is 0 Å². The van der Waals surface area contributed by atoms with Gasteiger partial charge in [-0.3, -0.25) is 0 Å². The van der Waals surface area contributed by atoms with Gasteiger partial charge in [0.1, 0.15) is 12.4 Å². The Kier molecular flexibility index (Phi) is 7.19. The fourth-order valence-electron chi connectivity index (χ4n) is 4.64. The van der Waals surface area contributed by atoms with Gasteiger partial charge in [-0.2, -0.15) is 0 Å². The molecule has 0 bridgehead atoms. The molecule has 6 nitrogen and oxygen atoms in total. The van der Waals surface area contributed by atoms with Crippen molar-refractivity contribution in [1.82, 2.24) is 25.0 Å². The van der Waals surface area contributed by atoms with Crippen molar-refractivity contribution in [3.8, 4) is 0 Å². The minimum atomic E-state index is 0. The number of halogens is 1. The smallest absolute Gasteiger partial charge is 0.194 e. The van der Waals surface area contributed by atoms with E-state index in [1.54, 1.807) is 0 Å². The van der Waals surface area contributed by atoms with Gasteiger partial charge in [0.2, 0.25) is 0 Å². The summed E-state index contributed by atoms with van der Waals surface area (Å²) >= 11 is 0. The SMILES string of the molecule is Cc1nnc(CN=C(NC(C)c2ccccc2)N2CCC3(CCCC3)C2)n1C.I. The Labute approximate surface area is 191 Å². The van der Waals surface area contributed by atoms with Gasteiger partial charge in [-0.25, -0.2) is 4.99 Å². The largest absolute Gasteiger partial charge is 0.350 e. The van der Waals surface area contributed by atoms with Crippen LogP contribution in [0.15, 0.2) is 35.3 Å². The van der Waals surface area contributed by atoms with E-state index in [-0.39, 0.29) is 30.0 Å². The van der Waals surface area contributed by atoms with E-state index in [1.807, 2.05) is 18.5 Å². The maximum Gasteiger partial charge on any atom is 0.194 e. The maximum absolute atomic E-state index is 4.98. The van der Waals surface area contributed by atoms with Crippen LogP contribution >= 0.6 is 24.0 Å². The zero-order chi connectivity index (χ0) is 19.6. The minimum Gasteiger partial charge on any atom is -0.350 e. The van der Waals surface area contributed by atoms with Gasteiger partial charge in [0.25, 0.3) is 0 Å². The molecular weight excluding hydrogens is 475 g/mol. The molecule has 1 saturated heterocycles. The monoisotopic (exact) mass is 508 g/mol. The lowest BCUT2D eigenvalue weighted by Gasteiger charge is -2.28. The van der Waals surface area contributed by atoms with Crippen molar-refractivity contribution in [3.63, 3.8) is 0 Å². The second-order valence-corrected chi connectivity index (χ2v) is 8.52. The lowest BCUT2D eigenvalue weighted by atomic mass is 9.86. The highest BCUT2D eigenvalue weighted by atomic mass is 127. The number of aromatic nitrogens is 3. The van der Waals surface area contributed by atoms with Crippen molar-refractivity contribution in [2.24, 2.45) is 17.5 Å². The highest BCUT2D eigenvalue weighted by Gasteiger charge is 2.41. The summed E-state index contributed by atoms with van der Waals surface area (Å²) < 4.78 is 2.02. The van der Waals surface area contributed by atoms with Crippen molar-refractivity contribution in [3.05, 3.63) is 47.5 Å². The summed E-state index contributed by atoms with van der Waals surface area (Å²) in [6.45, 7) is 6.94. The van der Waals surface area contributed by atoms with Crippen molar-refractivity contribution < 1.29 is 0 Å². The molecule has 1 saturated carbocycles. The molecule has 2 aliphatic rings. The summed E-state index contributed by atoms with van der Waals surface area (Å²) in [5.41, 5.74) is 1.79. The van der Waals surface area contributed by atoms with E-state index >= 15 is 0 Å². The normalized spacial score (nSPS) is 19.4. The molecule has 29 heavy (non-hydrogen) atoms. The predicted octanol–water partition coefficient (Wildman–Crippen LogP) is 4.21. The zero-order valence-corrected chi connectivity index (χ0v) is 20.1. The third-order valence-corrected chi connectivity index (χ3v) is 6.60. The molecule has 2 heterocycles. The maximum atomic E-state index is 4.98. The molecule has 4 rings (SSSR count). The molecule has 1 spiro atoms. The molecule has 158 valence electrons. The Bertz CT molecular complexity index is 825. The molecule has 1 aliphatic heterocycles. The Balaban J connectivity index is 0.00000240. The Hall–Kier alpha value is -1.64. The van der Waals surface area contributed by atoms with Crippen LogP contribution < -0.4 is 5.32 Å². The number of aryl methyl sites for hydroxylation is 1. The summed E-state index contributed by atoms with van der Waals surface area (Å²) in [5, 5.41) is 12.1. The first-order valence-electron chi connectivity index (χ1n) is 10.5. The first-order valence-corrected chi connectivity index (χ1v) is 10.5. The van der Waals surface area contributed by atoms with Crippen LogP contribution in [0.4, 0.5) is 0 Å². The second-order valence-electron chi connectivity index (χ2n) is 8.52. The average Bonchev–Trinajstić information content (AvgIpc) is 3.43. The van der Waals surface area contributed by atoms with Crippen LogP contribution in [0.1, 0.15) is 62.3 Å². The van der Waals surface area contributed by atoms with E-state index in [4.69, 9.17) is 4.99 Å². The van der Waals surface area contributed by atoms with E-state index in [2.05, 4.69) is 57.7 Å². The number of nitrogens with one attached hydrogen (secondary N) is 1. The van der Waals surface area contributed by atoms with Gasteiger partial charge in [-0.15, -0.1) is 34.2 Å². The molecule has 0 radical (unpaired) electrons. The Morgan fingerprint density at radius 1 is 1.17 bits per heavy atom. The van der Waals surface area contributed by atoms with Crippen LogP contribution in [-0.4, -0.2) is 38.7 Å². The summed E-state index contributed by atoms with van der Waals surface area (Å²) in [4.78, 5) is 7.44. The highest BCUT2D eigenvalue weighted by molar-refractivity contribution is 14.0. The quantitative estimate of drug-likeness (QED) is 0.382. The number of likely N-dealkylation sites (tertiary alicyclic amines) is 1. The minimum absolute atomic E-state index is 0. The van der Waals surface area contributed by atoms with Gasteiger partial charge in [-0.05, 0) is 44.1 Å². The molecule has 2 fully saturated rings. The second kappa shape index (κ2) is 9.45. The third-order valence-electron chi connectivity index (χ3n) is 6.60. The molecule has 0 amide bonds. The van der Waals surface area contributed by atoms with E-state index in [9.17, 15) is 0 Å². The van der Waals surface area contributed by atoms with Crippen molar-refractivity contribution in [2.45, 2.75) is 58.5 Å². The van der Waals surface area contributed by atoms with Crippen LogP contribution in [0.3, 0.4) is 0 Å². The first-order chi connectivity index (χ1) is 13.6.